The van der Waals surface area contributed by atoms with Gasteiger partial charge in [-0.25, -0.2) is 8.42 Å². The summed E-state index contributed by atoms with van der Waals surface area (Å²) >= 11 is 0. The topological polar surface area (TPSA) is 66.5 Å². The highest BCUT2D eigenvalue weighted by Gasteiger charge is 2.51. The number of carbonyl (C=O) groups is 1. The molecule has 1 saturated heterocycles. The summed E-state index contributed by atoms with van der Waals surface area (Å²) in [4.78, 5) is 13.7. The van der Waals surface area contributed by atoms with Gasteiger partial charge < -0.3 is 5.32 Å². The molecule has 4 saturated carbocycles. The number of rotatable bonds is 5. The van der Waals surface area contributed by atoms with E-state index in [1.54, 1.807) is 12.1 Å². The van der Waals surface area contributed by atoms with Crippen molar-refractivity contribution < 1.29 is 13.2 Å². The second-order valence-electron chi connectivity index (χ2n) is 13.8. The van der Waals surface area contributed by atoms with Crippen molar-refractivity contribution in [1.29, 1.82) is 0 Å². The van der Waals surface area contributed by atoms with Gasteiger partial charge in [0.25, 0.3) is 0 Å². The van der Waals surface area contributed by atoms with E-state index in [0.717, 1.165) is 34.6 Å². The first-order valence-electron chi connectivity index (χ1n) is 14.5. The molecule has 6 heteroatoms. The Labute approximate surface area is 228 Å². The van der Waals surface area contributed by atoms with Gasteiger partial charge in [0.2, 0.25) is 15.9 Å². The number of hydrogen-bond donors (Lipinski definition) is 1. The van der Waals surface area contributed by atoms with Crippen molar-refractivity contribution >= 4 is 21.6 Å². The van der Waals surface area contributed by atoms with Crippen molar-refractivity contribution in [1.82, 2.24) is 4.31 Å². The molecule has 1 heterocycles. The summed E-state index contributed by atoms with van der Waals surface area (Å²) in [5.41, 5.74) is 4.65. The summed E-state index contributed by atoms with van der Waals surface area (Å²) < 4.78 is 28.4. The predicted molar refractivity (Wildman–Crippen MR) is 152 cm³/mol. The van der Waals surface area contributed by atoms with Crippen molar-refractivity contribution in [2.75, 3.05) is 11.9 Å². The molecule has 0 spiro atoms. The molecule has 4 bridgehead atoms. The molecule has 2 aromatic carbocycles. The average Bonchev–Trinajstić information content (AvgIpc) is 3.35. The van der Waals surface area contributed by atoms with Crippen molar-refractivity contribution in [3.63, 3.8) is 0 Å². The lowest BCUT2D eigenvalue weighted by Crippen LogP contribution is -2.48. The Kier molecular flexibility index (Phi) is 6.31. The summed E-state index contributed by atoms with van der Waals surface area (Å²) in [6.45, 7) is 8.75. The van der Waals surface area contributed by atoms with Crippen LogP contribution in [0.2, 0.25) is 0 Å². The first-order valence-corrected chi connectivity index (χ1v) is 15.9. The van der Waals surface area contributed by atoms with E-state index in [0.29, 0.717) is 24.8 Å². The van der Waals surface area contributed by atoms with Crippen LogP contribution in [0.4, 0.5) is 5.69 Å². The van der Waals surface area contributed by atoms with Gasteiger partial charge in [-0.3, -0.25) is 4.79 Å². The third kappa shape index (κ3) is 4.52. The number of anilines is 1. The molecule has 0 radical (unpaired) electrons. The van der Waals surface area contributed by atoms with Crippen LogP contribution in [0.25, 0.3) is 0 Å². The Morgan fingerprint density at radius 2 is 1.55 bits per heavy atom. The Morgan fingerprint density at radius 1 is 0.947 bits per heavy atom. The van der Waals surface area contributed by atoms with Gasteiger partial charge in [0.05, 0.1) is 4.90 Å². The van der Waals surface area contributed by atoms with E-state index in [-0.39, 0.29) is 16.2 Å². The Morgan fingerprint density at radius 3 is 2.11 bits per heavy atom. The number of aryl methyl sites for hydroxylation is 1. The van der Waals surface area contributed by atoms with E-state index >= 15 is 0 Å². The molecule has 4 aliphatic carbocycles. The smallest absolute Gasteiger partial charge is 0.243 e. The maximum atomic E-state index is 13.5. The number of amides is 1. The molecule has 5 nitrogen and oxygen atoms in total. The van der Waals surface area contributed by atoms with Gasteiger partial charge in [0.15, 0.2) is 0 Å². The van der Waals surface area contributed by atoms with Gasteiger partial charge in [-0.05, 0) is 122 Å². The lowest BCUT2D eigenvalue weighted by molar-refractivity contribution is -0.119. The van der Waals surface area contributed by atoms with E-state index in [2.05, 4.69) is 51.2 Å². The Hall–Kier alpha value is -2.18. The van der Waals surface area contributed by atoms with E-state index in [4.69, 9.17) is 0 Å². The second kappa shape index (κ2) is 9.19. The molecule has 1 amide bonds. The predicted octanol–water partition coefficient (Wildman–Crippen LogP) is 6.55. The molecule has 204 valence electrons. The SMILES string of the molecule is Cc1cc(C23CC4CC(CC(C4)C2)C3)ccc1NC(=O)[C@H]1CCCN1S(=O)(=O)c1ccc(C(C)(C)C)cc1. The summed E-state index contributed by atoms with van der Waals surface area (Å²) in [6, 6.07) is 13.0. The molecule has 1 aliphatic heterocycles. The van der Waals surface area contributed by atoms with E-state index < -0.39 is 16.1 Å². The zero-order valence-electron chi connectivity index (χ0n) is 23.3. The fourth-order valence-electron chi connectivity index (χ4n) is 8.37. The van der Waals surface area contributed by atoms with Crippen molar-refractivity contribution in [3.8, 4) is 0 Å². The third-order valence-corrected chi connectivity index (χ3v) is 11.9. The monoisotopic (exact) mass is 534 g/mol. The molecular weight excluding hydrogens is 492 g/mol. The van der Waals surface area contributed by atoms with Crippen LogP contribution in [0.15, 0.2) is 47.4 Å². The molecule has 5 fully saturated rings. The molecule has 5 aliphatic rings. The second-order valence-corrected chi connectivity index (χ2v) is 15.7. The number of nitrogens with zero attached hydrogens (tertiary/aromatic N) is 1. The fraction of sp³-hybridized carbons (Fsp3) is 0.594. The molecule has 0 unspecified atom stereocenters. The minimum absolute atomic E-state index is 0.0541. The number of benzene rings is 2. The summed E-state index contributed by atoms with van der Waals surface area (Å²) in [5, 5.41) is 3.09. The van der Waals surface area contributed by atoms with Crippen molar-refractivity contribution in [3.05, 3.63) is 59.2 Å². The first-order chi connectivity index (χ1) is 17.9. The van der Waals surface area contributed by atoms with E-state index in [1.165, 1.54) is 48.4 Å². The normalized spacial score (nSPS) is 31.1. The molecule has 1 atom stereocenters. The highest BCUT2D eigenvalue weighted by molar-refractivity contribution is 7.89. The van der Waals surface area contributed by atoms with Gasteiger partial charge in [0.1, 0.15) is 6.04 Å². The zero-order valence-corrected chi connectivity index (χ0v) is 24.1. The lowest BCUT2D eigenvalue weighted by atomic mass is 9.48. The number of nitrogens with one attached hydrogen (secondary N) is 1. The van der Waals surface area contributed by atoms with Crippen LogP contribution in [0.1, 0.15) is 88.8 Å². The van der Waals surface area contributed by atoms with Gasteiger partial charge in [0, 0.05) is 12.2 Å². The van der Waals surface area contributed by atoms with E-state index in [1.807, 2.05) is 12.1 Å². The minimum atomic E-state index is -3.76. The lowest BCUT2D eigenvalue weighted by Gasteiger charge is -2.57. The third-order valence-electron chi connectivity index (χ3n) is 9.97. The highest BCUT2D eigenvalue weighted by Crippen LogP contribution is 2.60. The summed E-state index contributed by atoms with van der Waals surface area (Å²) in [6.07, 6.45) is 9.44. The van der Waals surface area contributed by atoms with Crippen LogP contribution in [-0.4, -0.2) is 31.2 Å². The zero-order chi connectivity index (χ0) is 26.9. The average molecular weight is 535 g/mol. The van der Waals surface area contributed by atoms with E-state index in [9.17, 15) is 13.2 Å². The molecular formula is C32H42N2O3S. The van der Waals surface area contributed by atoms with Gasteiger partial charge in [-0.15, -0.1) is 0 Å². The fourth-order valence-corrected chi connectivity index (χ4v) is 10.0. The summed E-state index contributed by atoms with van der Waals surface area (Å²) in [7, 11) is -3.76. The number of hydrogen-bond acceptors (Lipinski definition) is 3. The quantitative estimate of drug-likeness (QED) is 0.473. The molecule has 1 N–H and O–H groups in total. The summed E-state index contributed by atoms with van der Waals surface area (Å²) in [5.74, 6) is 2.44. The van der Waals surface area contributed by atoms with Crippen LogP contribution >= 0.6 is 0 Å². The molecule has 38 heavy (non-hydrogen) atoms. The minimum Gasteiger partial charge on any atom is -0.324 e. The van der Waals surface area contributed by atoms with Crippen molar-refractivity contribution in [2.45, 2.75) is 101 Å². The van der Waals surface area contributed by atoms with Gasteiger partial charge in [-0.2, -0.15) is 4.31 Å². The van der Waals surface area contributed by atoms with Gasteiger partial charge >= 0.3 is 0 Å². The maximum Gasteiger partial charge on any atom is 0.243 e. The standard InChI is InChI=1S/C32H42N2O3S/c1-21-14-26(32-18-22-15-23(19-32)17-24(16-22)20-32)9-12-28(21)33-30(35)29-6-5-13-34(29)38(36,37)27-10-7-25(8-11-27)31(2,3)4/h7-12,14,22-24,29H,5-6,13,15-20H2,1-4H3,(H,33,35)/t22?,23?,24?,29-,32?/m1/s1. The van der Waals surface area contributed by atoms with Crippen LogP contribution in [0.5, 0.6) is 0 Å². The number of sulfonamides is 1. The highest BCUT2D eigenvalue weighted by atomic mass is 32.2. The van der Waals surface area contributed by atoms with Crippen LogP contribution in [-0.2, 0) is 25.6 Å². The Balaban J connectivity index is 1.18. The largest absolute Gasteiger partial charge is 0.324 e. The van der Waals surface area contributed by atoms with Gasteiger partial charge in [-0.1, -0.05) is 45.0 Å². The first kappa shape index (κ1) is 26.1. The van der Waals surface area contributed by atoms with Crippen LogP contribution in [0, 0.1) is 24.7 Å². The van der Waals surface area contributed by atoms with Crippen LogP contribution in [0.3, 0.4) is 0 Å². The number of carbonyl (C=O) groups excluding carboxylic acids is 1. The van der Waals surface area contributed by atoms with Crippen molar-refractivity contribution in [2.24, 2.45) is 17.8 Å². The maximum absolute atomic E-state index is 13.5. The molecule has 2 aromatic rings. The Bertz CT molecular complexity index is 1300. The molecule has 0 aromatic heterocycles. The molecule has 7 rings (SSSR count). The van der Waals surface area contributed by atoms with Crippen LogP contribution < -0.4 is 5.32 Å².